The lowest BCUT2D eigenvalue weighted by molar-refractivity contribution is -0.216. The van der Waals surface area contributed by atoms with Gasteiger partial charge in [-0.3, -0.25) is 4.79 Å². The van der Waals surface area contributed by atoms with Crippen LogP contribution < -0.4 is 0 Å². The second-order valence-corrected chi connectivity index (χ2v) is 9.59. The van der Waals surface area contributed by atoms with Crippen LogP contribution in [0.2, 0.25) is 0 Å². The molecule has 0 amide bonds. The van der Waals surface area contributed by atoms with Crippen molar-refractivity contribution in [1.29, 1.82) is 0 Å². The standard InChI is InChI=1S/C16H14Br4O4/c1-22-16(23-2)14(19)10(17)11(18)15(16,20)13(12(14)21)24-8-9-6-4-3-5-7-9/h3-7,13H,8H2,1-2H3/t13-,14+,15-/m1/s1. The highest BCUT2D eigenvalue weighted by Crippen LogP contribution is 2.70. The van der Waals surface area contributed by atoms with Gasteiger partial charge >= 0.3 is 0 Å². The zero-order chi connectivity index (χ0) is 17.8. The molecule has 0 aromatic heterocycles. The Kier molecular flexibility index (Phi) is 5.24. The van der Waals surface area contributed by atoms with E-state index in [1.807, 2.05) is 30.3 Å². The second kappa shape index (κ2) is 6.55. The molecule has 0 N–H and O–H groups in total. The minimum Gasteiger partial charge on any atom is -0.364 e. The molecule has 0 saturated heterocycles. The summed E-state index contributed by atoms with van der Waals surface area (Å²) in [7, 11) is 3.02. The third-order valence-corrected chi connectivity index (χ3v) is 10.8. The summed E-state index contributed by atoms with van der Waals surface area (Å²) in [6.07, 6.45) is -0.798. The molecular weight excluding hydrogens is 576 g/mol. The van der Waals surface area contributed by atoms with E-state index in [1.54, 1.807) is 0 Å². The average Bonchev–Trinajstić information content (AvgIpc) is 2.83. The fourth-order valence-corrected chi connectivity index (χ4v) is 7.91. The minimum atomic E-state index is -1.30. The first kappa shape index (κ1) is 19.2. The van der Waals surface area contributed by atoms with Gasteiger partial charge in [0.15, 0.2) is 10.1 Å². The lowest BCUT2D eigenvalue weighted by Gasteiger charge is -2.40. The summed E-state index contributed by atoms with van der Waals surface area (Å²) in [6, 6.07) is 9.69. The summed E-state index contributed by atoms with van der Waals surface area (Å²) < 4.78 is 16.6. The van der Waals surface area contributed by atoms with E-state index >= 15 is 0 Å². The van der Waals surface area contributed by atoms with Crippen molar-refractivity contribution in [3.63, 3.8) is 0 Å². The van der Waals surface area contributed by atoms with Crippen LogP contribution in [0.5, 0.6) is 0 Å². The topological polar surface area (TPSA) is 44.8 Å². The Morgan fingerprint density at radius 2 is 1.62 bits per heavy atom. The van der Waals surface area contributed by atoms with Crippen LogP contribution in [0.25, 0.3) is 0 Å². The van der Waals surface area contributed by atoms with Crippen LogP contribution >= 0.6 is 63.7 Å². The van der Waals surface area contributed by atoms with E-state index in [4.69, 9.17) is 14.2 Å². The number of rotatable bonds is 5. The molecule has 0 unspecified atom stereocenters. The molecule has 0 aliphatic heterocycles. The van der Waals surface area contributed by atoms with Crippen LogP contribution in [-0.2, 0) is 25.6 Å². The maximum absolute atomic E-state index is 13.2. The van der Waals surface area contributed by atoms with Gasteiger partial charge in [0.05, 0.1) is 6.61 Å². The molecule has 24 heavy (non-hydrogen) atoms. The third kappa shape index (κ3) is 2.14. The first-order valence-electron chi connectivity index (χ1n) is 7.05. The normalized spacial score (nSPS) is 34.2. The lowest BCUT2D eigenvalue weighted by Crippen LogP contribution is -2.57. The number of ketones is 1. The largest absolute Gasteiger partial charge is 0.364 e. The van der Waals surface area contributed by atoms with E-state index in [9.17, 15) is 4.79 Å². The van der Waals surface area contributed by atoms with Gasteiger partial charge < -0.3 is 14.2 Å². The summed E-state index contributed by atoms with van der Waals surface area (Å²) in [4.78, 5) is 13.2. The number of fused-ring (bicyclic) bond motifs is 2. The summed E-state index contributed by atoms with van der Waals surface area (Å²) in [5.41, 5.74) is 0.979. The van der Waals surface area contributed by atoms with Crippen LogP contribution in [0, 0.1) is 0 Å². The SMILES string of the molecule is COC1(OC)[C@@]2(Br)C(=O)[C@@H](OCc3ccccc3)[C@]1(Br)C(Br)=C2Br. The van der Waals surface area contributed by atoms with Gasteiger partial charge in [-0.25, -0.2) is 0 Å². The van der Waals surface area contributed by atoms with Crippen molar-refractivity contribution < 1.29 is 19.0 Å². The molecule has 2 aliphatic carbocycles. The fourth-order valence-electron chi connectivity index (χ4n) is 3.38. The Morgan fingerprint density at radius 3 is 2.12 bits per heavy atom. The first-order chi connectivity index (χ1) is 11.3. The van der Waals surface area contributed by atoms with Crippen molar-refractivity contribution in [2.75, 3.05) is 14.2 Å². The molecule has 1 fully saturated rings. The average molecular weight is 590 g/mol. The van der Waals surface area contributed by atoms with Crippen LogP contribution in [0.4, 0.5) is 0 Å². The van der Waals surface area contributed by atoms with Crippen LogP contribution in [0.15, 0.2) is 39.3 Å². The van der Waals surface area contributed by atoms with E-state index in [2.05, 4.69) is 63.7 Å². The van der Waals surface area contributed by atoms with Crippen molar-refractivity contribution in [1.82, 2.24) is 0 Å². The quantitative estimate of drug-likeness (QED) is 0.377. The molecule has 130 valence electrons. The molecule has 2 aliphatic rings. The molecule has 1 aromatic carbocycles. The van der Waals surface area contributed by atoms with Gasteiger partial charge in [0.2, 0.25) is 5.79 Å². The van der Waals surface area contributed by atoms with E-state index in [1.165, 1.54) is 14.2 Å². The molecule has 1 saturated carbocycles. The number of benzene rings is 1. The highest BCUT2D eigenvalue weighted by molar-refractivity contribution is 9.16. The molecule has 3 atom stereocenters. The maximum Gasteiger partial charge on any atom is 0.218 e. The molecule has 0 spiro atoms. The summed E-state index contributed by atoms with van der Waals surface area (Å²) in [6.45, 7) is 0.301. The van der Waals surface area contributed by atoms with Crippen LogP contribution in [0.3, 0.4) is 0 Å². The number of Topliss-reactive ketones (excluding diaryl/α,β-unsaturated/α-hetero) is 1. The van der Waals surface area contributed by atoms with Crippen molar-refractivity contribution in [2.24, 2.45) is 0 Å². The third-order valence-electron chi connectivity index (χ3n) is 4.52. The first-order valence-corrected chi connectivity index (χ1v) is 10.2. The number of halogens is 4. The predicted octanol–water partition coefficient (Wildman–Crippen LogP) is 4.43. The molecule has 1 aromatic rings. The lowest BCUT2D eigenvalue weighted by atomic mass is 10.0. The highest BCUT2D eigenvalue weighted by Gasteiger charge is 2.84. The summed E-state index contributed by atoms with van der Waals surface area (Å²) in [5, 5.41) is 0. The molecule has 3 rings (SSSR count). The number of carbonyl (C=O) groups is 1. The van der Waals surface area contributed by atoms with Gasteiger partial charge in [-0.2, -0.15) is 0 Å². The number of carbonyl (C=O) groups excluding carboxylic acids is 1. The van der Waals surface area contributed by atoms with E-state index < -0.39 is 20.5 Å². The van der Waals surface area contributed by atoms with Gasteiger partial charge in [0.1, 0.15) is 10.4 Å². The van der Waals surface area contributed by atoms with Crippen molar-refractivity contribution in [3.05, 3.63) is 44.9 Å². The van der Waals surface area contributed by atoms with E-state index in [0.29, 0.717) is 15.6 Å². The maximum atomic E-state index is 13.2. The Morgan fingerprint density at radius 1 is 1.04 bits per heavy atom. The Labute approximate surface area is 173 Å². The van der Waals surface area contributed by atoms with Crippen LogP contribution in [0.1, 0.15) is 5.56 Å². The zero-order valence-electron chi connectivity index (χ0n) is 12.8. The van der Waals surface area contributed by atoms with Gasteiger partial charge in [-0.1, -0.05) is 94.1 Å². The molecule has 0 heterocycles. The fraction of sp³-hybridized carbons (Fsp3) is 0.438. The van der Waals surface area contributed by atoms with Gasteiger partial charge in [-0.05, 0) is 5.56 Å². The van der Waals surface area contributed by atoms with Crippen molar-refractivity contribution in [2.45, 2.75) is 27.1 Å². The molecule has 2 bridgehead atoms. The minimum absolute atomic E-state index is 0.172. The molecule has 4 nitrogen and oxygen atoms in total. The van der Waals surface area contributed by atoms with Gasteiger partial charge in [0, 0.05) is 23.2 Å². The Bertz CT molecular complexity index is 703. The van der Waals surface area contributed by atoms with E-state index in [0.717, 1.165) is 5.56 Å². The Hall–Kier alpha value is 0.430. The number of methoxy groups -OCH3 is 2. The summed E-state index contributed by atoms with van der Waals surface area (Å²) >= 11 is 14.3. The van der Waals surface area contributed by atoms with Crippen molar-refractivity contribution in [3.8, 4) is 0 Å². The Balaban J connectivity index is 2.02. The second-order valence-electron chi connectivity index (χ2n) is 5.56. The highest BCUT2D eigenvalue weighted by atomic mass is 79.9. The zero-order valence-corrected chi connectivity index (χ0v) is 19.2. The number of hydrogen-bond donors (Lipinski definition) is 0. The molecular formula is C16H14Br4O4. The van der Waals surface area contributed by atoms with Gasteiger partial charge in [0.25, 0.3) is 0 Å². The predicted molar refractivity (Wildman–Crippen MR) is 105 cm³/mol. The molecule has 0 radical (unpaired) electrons. The number of hydrogen-bond acceptors (Lipinski definition) is 4. The summed E-state index contributed by atoms with van der Waals surface area (Å²) in [5.74, 6) is -1.47. The van der Waals surface area contributed by atoms with Crippen LogP contribution in [-0.4, -0.2) is 40.5 Å². The molecule has 8 heteroatoms. The van der Waals surface area contributed by atoms with Crippen molar-refractivity contribution >= 4 is 69.5 Å². The van der Waals surface area contributed by atoms with E-state index in [-0.39, 0.29) is 5.78 Å². The monoisotopic (exact) mass is 586 g/mol. The number of ether oxygens (including phenoxy) is 3. The van der Waals surface area contributed by atoms with Gasteiger partial charge in [-0.15, -0.1) is 0 Å². The smallest absolute Gasteiger partial charge is 0.218 e. The number of alkyl halides is 2.